The van der Waals surface area contributed by atoms with Crippen LogP contribution in [0.5, 0.6) is 0 Å². The standard InChI is InChI=1S/C28H35N3O4S3/c1-3-5-10-18-30(19-11-6-4-2)23-16-14-22(15-17-23)20-25-27(33)31(28(36)37-25)21-26(32)29-38(34,35)24-12-8-7-9-13-24/h7-9,12-17,20H,3-6,10-11,18-19,21H2,1-2H3,(H,29,32). The van der Waals surface area contributed by atoms with Crippen LogP contribution in [0.15, 0.2) is 64.4 Å². The molecule has 1 heterocycles. The minimum atomic E-state index is -4.03. The lowest BCUT2D eigenvalue weighted by atomic mass is 10.1. The summed E-state index contributed by atoms with van der Waals surface area (Å²) in [6.07, 6.45) is 8.86. The first-order chi connectivity index (χ1) is 18.2. The van der Waals surface area contributed by atoms with Crippen LogP contribution < -0.4 is 9.62 Å². The van der Waals surface area contributed by atoms with E-state index in [0.717, 1.165) is 48.2 Å². The average molecular weight is 574 g/mol. The van der Waals surface area contributed by atoms with Crippen molar-refractivity contribution in [2.24, 2.45) is 0 Å². The molecule has 204 valence electrons. The molecule has 1 fully saturated rings. The molecular formula is C28H35N3O4S3. The number of amides is 2. The highest BCUT2D eigenvalue weighted by Gasteiger charge is 2.34. The third kappa shape index (κ3) is 8.41. The first kappa shape index (κ1) is 29.9. The Bertz CT molecular complexity index is 1240. The number of unbranched alkanes of at least 4 members (excludes halogenated alkanes) is 4. The number of sulfonamides is 1. The molecule has 0 unspecified atom stereocenters. The van der Waals surface area contributed by atoms with Crippen molar-refractivity contribution >= 4 is 61.9 Å². The van der Waals surface area contributed by atoms with Crippen LogP contribution in [0.3, 0.4) is 0 Å². The van der Waals surface area contributed by atoms with Crippen molar-refractivity contribution in [1.82, 2.24) is 9.62 Å². The summed E-state index contributed by atoms with van der Waals surface area (Å²) in [5.74, 6) is -1.25. The number of thiocarbonyl (C=S) groups is 1. The fourth-order valence-corrected chi connectivity index (χ4v) is 6.28. The van der Waals surface area contributed by atoms with Gasteiger partial charge >= 0.3 is 0 Å². The van der Waals surface area contributed by atoms with Gasteiger partial charge in [-0.3, -0.25) is 14.5 Å². The van der Waals surface area contributed by atoms with Gasteiger partial charge in [-0.15, -0.1) is 0 Å². The molecule has 10 heteroatoms. The third-order valence-corrected chi connectivity index (χ3v) is 8.86. The number of thioether (sulfide) groups is 1. The molecule has 0 bridgehead atoms. The normalized spacial score (nSPS) is 14.8. The van der Waals surface area contributed by atoms with Crippen molar-refractivity contribution in [2.45, 2.75) is 57.3 Å². The molecule has 1 aliphatic heterocycles. The Morgan fingerprint density at radius 2 is 1.58 bits per heavy atom. The van der Waals surface area contributed by atoms with Crippen LogP contribution in [-0.2, 0) is 19.6 Å². The van der Waals surface area contributed by atoms with Gasteiger partial charge in [-0.25, -0.2) is 13.1 Å². The Morgan fingerprint density at radius 1 is 0.974 bits per heavy atom. The van der Waals surface area contributed by atoms with E-state index in [9.17, 15) is 18.0 Å². The summed E-state index contributed by atoms with van der Waals surface area (Å²) in [6.45, 7) is 5.99. The largest absolute Gasteiger partial charge is 0.372 e. The summed E-state index contributed by atoms with van der Waals surface area (Å²) >= 11 is 6.41. The first-order valence-electron chi connectivity index (χ1n) is 13.0. The Balaban J connectivity index is 1.65. The van der Waals surface area contributed by atoms with E-state index in [-0.39, 0.29) is 9.22 Å². The second-order valence-electron chi connectivity index (χ2n) is 9.10. The zero-order chi connectivity index (χ0) is 27.5. The van der Waals surface area contributed by atoms with Crippen LogP contribution >= 0.6 is 24.0 Å². The second-order valence-corrected chi connectivity index (χ2v) is 12.5. The average Bonchev–Trinajstić information content (AvgIpc) is 3.16. The van der Waals surface area contributed by atoms with Gasteiger partial charge in [0.05, 0.1) is 9.80 Å². The highest BCUT2D eigenvalue weighted by molar-refractivity contribution is 8.26. The monoisotopic (exact) mass is 573 g/mol. The number of carbonyl (C=O) groups excluding carboxylic acids is 2. The van der Waals surface area contributed by atoms with Gasteiger partial charge in [0.2, 0.25) is 0 Å². The predicted molar refractivity (Wildman–Crippen MR) is 159 cm³/mol. The molecule has 0 saturated carbocycles. The maximum absolute atomic E-state index is 13.0. The maximum Gasteiger partial charge on any atom is 0.266 e. The molecule has 3 rings (SSSR count). The lowest BCUT2D eigenvalue weighted by molar-refractivity contribution is -0.127. The smallest absolute Gasteiger partial charge is 0.266 e. The lowest BCUT2D eigenvalue weighted by Crippen LogP contribution is -2.41. The van der Waals surface area contributed by atoms with Crippen LogP contribution in [-0.4, -0.2) is 49.1 Å². The van der Waals surface area contributed by atoms with E-state index < -0.39 is 28.4 Å². The van der Waals surface area contributed by atoms with Crippen molar-refractivity contribution in [1.29, 1.82) is 0 Å². The fraction of sp³-hybridized carbons (Fsp3) is 0.393. The molecule has 0 spiro atoms. The van der Waals surface area contributed by atoms with Crippen LogP contribution in [0.1, 0.15) is 57.9 Å². The van der Waals surface area contributed by atoms with Crippen molar-refractivity contribution in [2.75, 3.05) is 24.5 Å². The van der Waals surface area contributed by atoms with E-state index in [1.807, 2.05) is 16.9 Å². The first-order valence-corrected chi connectivity index (χ1v) is 15.7. The van der Waals surface area contributed by atoms with Gasteiger partial charge in [-0.1, -0.05) is 93.8 Å². The molecule has 0 atom stereocenters. The quantitative estimate of drug-likeness (QED) is 0.179. The summed E-state index contributed by atoms with van der Waals surface area (Å²) in [7, 11) is -4.03. The van der Waals surface area contributed by atoms with E-state index in [1.165, 1.54) is 43.5 Å². The van der Waals surface area contributed by atoms with Gasteiger partial charge in [0.25, 0.3) is 21.8 Å². The zero-order valence-corrected chi connectivity index (χ0v) is 24.3. The summed E-state index contributed by atoms with van der Waals surface area (Å²) in [6, 6.07) is 15.7. The minimum Gasteiger partial charge on any atom is -0.372 e. The number of hydrogen-bond donors (Lipinski definition) is 1. The number of anilines is 1. The highest BCUT2D eigenvalue weighted by atomic mass is 32.2. The summed E-state index contributed by atoms with van der Waals surface area (Å²) < 4.78 is 27.1. The molecule has 1 N–H and O–H groups in total. The van der Waals surface area contributed by atoms with Crippen LogP contribution in [0.25, 0.3) is 6.08 Å². The van der Waals surface area contributed by atoms with Crippen molar-refractivity contribution < 1.29 is 18.0 Å². The van der Waals surface area contributed by atoms with Crippen LogP contribution in [0, 0.1) is 0 Å². The molecule has 2 aromatic carbocycles. The zero-order valence-electron chi connectivity index (χ0n) is 21.9. The molecule has 0 aromatic heterocycles. The fourth-order valence-electron chi connectivity index (χ4n) is 4.03. The molecule has 2 aromatic rings. The van der Waals surface area contributed by atoms with Crippen LogP contribution in [0.2, 0.25) is 0 Å². The van der Waals surface area contributed by atoms with Gasteiger partial charge in [0, 0.05) is 18.8 Å². The van der Waals surface area contributed by atoms with E-state index >= 15 is 0 Å². The van der Waals surface area contributed by atoms with Crippen molar-refractivity contribution in [3.8, 4) is 0 Å². The topological polar surface area (TPSA) is 86.8 Å². The van der Waals surface area contributed by atoms with E-state index in [1.54, 1.807) is 24.3 Å². The Kier molecular flexibility index (Phi) is 11.4. The van der Waals surface area contributed by atoms with Crippen molar-refractivity contribution in [3.05, 3.63) is 65.1 Å². The summed E-state index contributed by atoms with van der Waals surface area (Å²) in [5.41, 5.74) is 2.02. The van der Waals surface area contributed by atoms with Gasteiger partial charge in [-0.2, -0.15) is 0 Å². The molecule has 1 aliphatic rings. The molecule has 38 heavy (non-hydrogen) atoms. The summed E-state index contributed by atoms with van der Waals surface area (Å²) in [5, 5.41) is 0. The number of nitrogens with one attached hydrogen (secondary N) is 1. The lowest BCUT2D eigenvalue weighted by Gasteiger charge is -2.25. The summed E-state index contributed by atoms with van der Waals surface area (Å²) in [4.78, 5) is 29.3. The van der Waals surface area contributed by atoms with Gasteiger partial charge in [-0.05, 0) is 48.7 Å². The van der Waals surface area contributed by atoms with E-state index in [2.05, 4.69) is 30.9 Å². The predicted octanol–water partition coefficient (Wildman–Crippen LogP) is 5.58. The van der Waals surface area contributed by atoms with Gasteiger partial charge in [0.15, 0.2) is 0 Å². The van der Waals surface area contributed by atoms with Crippen LogP contribution in [0.4, 0.5) is 5.69 Å². The molecular weight excluding hydrogens is 539 g/mol. The molecule has 7 nitrogen and oxygen atoms in total. The van der Waals surface area contributed by atoms with Gasteiger partial charge in [0.1, 0.15) is 10.9 Å². The minimum absolute atomic E-state index is 0.0311. The third-order valence-electron chi connectivity index (χ3n) is 6.10. The maximum atomic E-state index is 13.0. The van der Waals surface area contributed by atoms with Crippen molar-refractivity contribution in [3.63, 3.8) is 0 Å². The second kappa shape index (κ2) is 14.5. The number of hydrogen-bond acceptors (Lipinski definition) is 7. The van der Waals surface area contributed by atoms with E-state index in [0.29, 0.717) is 4.91 Å². The number of nitrogens with zero attached hydrogens (tertiary/aromatic N) is 2. The molecule has 2 amide bonds. The van der Waals surface area contributed by atoms with Gasteiger partial charge < -0.3 is 4.90 Å². The Labute approximate surface area is 235 Å². The Morgan fingerprint density at radius 3 is 2.16 bits per heavy atom. The molecule has 0 aliphatic carbocycles. The molecule has 0 radical (unpaired) electrons. The number of benzene rings is 2. The number of carbonyl (C=O) groups is 2. The number of rotatable bonds is 14. The SMILES string of the molecule is CCCCCN(CCCCC)c1ccc(C=C2SC(=S)N(CC(=O)NS(=O)(=O)c3ccccc3)C2=O)cc1. The Hall–Kier alpha value is -2.69. The molecule has 1 saturated heterocycles. The van der Waals surface area contributed by atoms with E-state index in [4.69, 9.17) is 12.2 Å². The highest BCUT2D eigenvalue weighted by Crippen LogP contribution is 2.32.